The maximum atomic E-state index is 9.44. The van der Waals surface area contributed by atoms with Crippen molar-refractivity contribution in [1.82, 2.24) is 0 Å². The van der Waals surface area contributed by atoms with Crippen LogP contribution in [0.3, 0.4) is 0 Å². The van der Waals surface area contributed by atoms with Gasteiger partial charge in [0, 0.05) is 0 Å². The Balaban J connectivity index is -0.000000245. The van der Waals surface area contributed by atoms with Crippen molar-refractivity contribution in [3.05, 3.63) is 0 Å². The van der Waals surface area contributed by atoms with Gasteiger partial charge in [0.05, 0.1) is 5.60 Å². The summed E-state index contributed by atoms with van der Waals surface area (Å²) in [4.78, 5) is 0. The van der Waals surface area contributed by atoms with Crippen molar-refractivity contribution in [2.45, 2.75) is 45.6 Å². The molecule has 0 radical (unpaired) electrons. The molecule has 2 heteroatoms. The zero-order valence-corrected chi connectivity index (χ0v) is 10.2. The maximum Gasteiger partial charge on any atom is 1.00 e. The van der Waals surface area contributed by atoms with Crippen LogP contribution in [0.5, 0.6) is 0 Å². The predicted octanol–water partition coefficient (Wildman–Crippen LogP) is -0.936. The van der Waals surface area contributed by atoms with Crippen LogP contribution in [-0.2, 0) is 0 Å². The SMILES string of the molecule is CCC(O)(CC)CC.[H-].[K+]. The molecule has 0 spiro atoms. The molecule has 1 nitrogen and oxygen atoms in total. The average molecular weight is 156 g/mol. The zero-order chi connectivity index (χ0) is 6.62. The smallest absolute Gasteiger partial charge is 1.00 e. The van der Waals surface area contributed by atoms with E-state index in [0.29, 0.717) is 0 Å². The van der Waals surface area contributed by atoms with Crippen molar-refractivity contribution >= 4 is 0 Å². The summed E-state index contributed by atoms with van der Waals surface area (Å²) in [7, 11) is 0. The number of hydrogen-bond donors (Lipinski definition) is 1. The summed E-state index contributed by atoms with van der Waals surface area (Å²) < 4.78 is 0. The van der Waals surface area contributed by atoms with Gasteiger partial charge in [-0.1, -0.05) is 20.8 Å². The Hall–Kier alpha value is 1.60. The predicted molar refractivity (Wildman–Crippen MR) is 36.9 cm³/mol. The van der Waals surface area contributed by atoms with E-state index in [1.54, 1.807) is 0 Å². The van der Waals surface area contributed by atoms with E-state index in [2.05, 4.69) is 0 Å². The van der Waals surface area contributed by atoms with Gasteiger partial charge in [0.25, 0.3) is 0 Å². The van der Waals surface area contributed by atoms with Crippen molar-refractivity contribution in [2.24, 2.45) is 0 Å². The van der Waals surface area contributed by atoms with Crippen LogP contribution in [0.2, 0.25) is 0 Å². The van der Waals surface area contributed by atoms with Gasteiger partial charge in [-0.15, -0.1) is 0 Å². The monoisotopic (exact) mass is 156 g/mol. The Morgan fingerprint density at radius 3 is 1.33 bits per heavy atom. The van der Waals surface area contributed by atoms with Gasteiger partial charge in [-0.3, -0.25) is 0 Å². The van der Waals surface area contributed by atoms with E-state index in [9.17, 15) is 5.11 Å². The Bertz CT molecular complexity index is 56.4. The molecule has 0 aliphatic rings. The van der Waals surface area contributed by atoms with E-state index < -0.39 is 0 Å². The Morgan fingerprint density at radius 1 is 1.11 bits per heavy atom. The summed E-state index contributed by atoms with van der Waals surface area (Å²) in [5, 5.41) is 9.44. The molecular weight excluding hydrogens is 139 g/mol. The van der Waals surface area contributed by atoms with Crippen LogP contribution < -0.4 is 51.4 Å². The first kappa shape index (κ1) is 13.2. The van der Waals surface area contributed by atoms with Gasteiger partial charge in [0.15, 0.2) is 0 Å². The van der Waals surface area contributed by atoms with E-state index >= 15 is 0 Å². The number of aliphatic hydroxyl groups is 1. The topological polar surface area (TPSA) is 20.2 Å². The molecule has 9 heavy (non-hydrogen) atoms. The zero-order valence-electron chi connectivity index (χ0n) is 8.07. The fourth-order valence-corrected chi connectivity index (χ4v) is 0.750. The van der Waals surface area contributed by atoms with Gasteiger partial charge >= 0.3 is 51.4 Å². The molecule has 0 bridgehead atoms. The van der Waals surface area contributed by atoms with E-state index in [0.717, 1.165) is 19.3 Å². The van der Waals surface area contributed by atoms with Crippen LogP contribution in [0.15, 0.2) is 0 Å². The second-order valence-electron chi connectivity index (χ2n) is 2.29. The molecular formula is C7H17KO. The molecule has 0 aliphatic carbocycles. The first-order chi connectivity index (χ1) is 3.68. The number of hydrogen-bond acceptors (Lipinski definition) is 1. The molecule has 0 aromatic carbocycles. The van der Waals surface area contributed by atoms with Crippen molar-refractivity contribution in [3.8, 4) is 0 Å². The largest absolute Gasteiger partial charge is 1.00 e. The second-order valence-corrected chi connectivity index (χ2v) is 2.29. The minimum Gasteiger partial charge on any atom is -1.00 e. The molecule has 0 saturated carbocycles. The third-order valence-corrected chi connectivity index (χ3v) is 1.97. The van der Waals surface area contributed by atoms with Crippen molar-refractivity contribution < 1.29 is 57.9 Å². The van der Waals surface area contributed by atoms with Gasteiger partial charge in [0.2, 0.25) is 0 Å². The van der Waals surface area contributed by atoms with E-state index in [4.69, 9.17) is 0 Å². The van der Waals surface area contributed by atoms with Crippen LogP contribution in [0, 0.1) is 0 Å². The van der Waals surface area contributed by atoms with Crippen LogP contribution in [0.25, 0.3) is 0 Å². The molecule has 1 N–H and O–H groups in total. The molecule has 0 aromatic rings. The Labute approximate surface area is 102 Å². The van der Waals surface area contributed by atoms with E-state index in [-0.39, 0.29) is 58.4 Å². The van der Waals surface area contributed by atoms with Crippen LogP contribution in [0.4, 0.5) is 0 Å². The van der Waals surface area contributed by atoms with Crippen molar-refractivity contribution in [1.29, 1.82) is 0 Å². The van der Waals surface area contributed by atoms with Gasteiger partial charge in [-0.2, -0.15) is 0 Å². The summed E-state index contributed by atoms with van der Waals surface area (Å²) >= 11 is 0. The minimum absolute atomic E-state index is 0. The fraction of sp³-hybridized carbons (Fsp3) is 1.00. The molecule has 0 atom stereocenters. The summed E-state index contributed by atoms with van der Waals surface area (Å²) in [5.41, 5.74) is -0.375. The average Bonchev–Trinajstić information content (AvgIpc) is 1.87. The van der Waals surface area contributed by atoms with Crippen molar-refractivity contribution in [2.75, 3.05) is 0 Å². The summed E-state index contributed by atoms with van der Waals surface area (Å²) in [6.45, 7) is 6.06. The van der Waals surface area contributed by atoms with E-state index in [1.807, 2.05) is 20.8 Å². The molecule has 0 amide bonds. The minimum atomic E-state index is -0.375. The molecule has 0 aliphatic heterocycles. The van der Waals surface area contributed by atoms with Gasteiger partial charge in [0.1, 0.15) is 0 Å². The first-order valence-corrected chi connectivity index (χ1v) is 3.41. The van der Waals surface area contributed by atoms with Gasteiger partial charge in [-0.05, 0) is 19.3 Å². The molecule has 0 heterocycles. The molecule has 0 fully saturated rings. The van der Waals surface area contributed by atoms with Crippen molar-refractivity contribution in [3.63, 3.8) is 0 Å². The molecule has 52 valence electrons. The fourth-order valence-electron chi connectivity index (χ4n) is 0.750. The molecule has 0 unspecified atom stereocenters. The molecule has 0 aromatic heterocycles. The molecule has 0 saturated heterocycles. The second kappa shape index (κ2) is 6.32. The van der Waals surface area contributed by atoms with Crippen LogP contribution in [-0.4, -0.2) is 10.7 Å². The van der Waals surface area contributed by atoms with Crippen LogP contribution in [0.1, 0.15) is 41.5 Å². The Kier molecular flexibility index (Phi) is 9.27. The standard InChI is InChI=1S/C7H16O.K.H/c1-4-7(8,5-2)6-3;;/h8H,4-6H2,1-3H3;;/q;+1;-1. The summed E-state index contributed by atoms with van der Waals surface area (Å²) in [5.74, 6) is 0. The van der Waals surface area contributed by atoms with E-state index in [1.165, 1.54) is 0 Å². The maximum absolute atomic E-state index is 9.44. The third-order valence-electron chi connectivity index (χ3n) is 1.97. The quantitative estimate of drug-likeness (QED) is 0.523. The Morgan fingerprint density at radius 2 is 1.33 bits per heavy atom. The normalized spacial score (nSPS) is 10.7. The molecule has 0 rings (SSSR count). The number of rotatable bonds is 3. The first-order valence-electron chi connectivity index (χ1n) is 3.41. The van der Waals surface area contributed by atoms with Gasteiger partial charge in [-0.25, -0.2) is 0 Å². The summed E-state index contributed by atoms with van der Waals surface area (Å²) in [6, 6.07) is 0. The van der Waals surface area contributed by atoms with Crippen LogP contribution >= 0.6 is 0 Å². The summed E-state index contributed by atoms with van der Waals surface area (Å²) in [6.07, 6.45) is 2.62. The van der Waals surface area contributed by atoms with Gasteiger partial charge < -0.3 is 6.53 Å². The third kappa shape index (κ3) is 4.93.